The summed E-state index contributed by atoms with van der Waals surface area (Å²) in [6.45, 7) is 1.74. The van der Waals surface area contributed by atoms with E-state index in [0.717, 1.165) is 0 Å². The molecular weight excluding hydrogens is 250 g/mol. The van der Waals surface area contributed by atoms with E-state index in [-0.39, 0.29) is 12.2 Å². The third-order valence-corrected chi connectivity index (χ3v) is 2.75. The minimum Gasteiger partial charge on any atom is -0.493 e. The zero-order chi connectivity index (χ0) is 14.6. The topological polar surface area (TPSA) is 98.9 Å². The minimum absolute atomic E-state index is 0.258. The number of carboxylic acids is 1. The van der Waals surface area contributed by atoms with Gasteiger partial charge in [-0.05, 0) is 24.6 Å². The molecule has 1 unspecified atom stereocenters. The summed E-state index contributed by atoms with van der Waals surface area (Å²) in [7, 11) is 2.96. The van der Waals surface area contributed by atoms with Crippen molar-refractivity contribution in [3.8, 4) is 11.5 Å². The lowest BCUT2D eigenvalue weighted by atomic mass is 9.99. The van der Waals surface area contributed by atoms with Crippen LogP contribution in [0.25, 0.3) is 0 Å². The van der Waals surface area contributed by atoms with E-state index >= 15 is 0 Å². The molecule has 1 aromatic carbocycles. The molecule has 104 valence electrons. The predicted octanol–water partition coefficient (Wildman–Crippen LogP) is 0.997. The van der Waals surface area contributed by atoms with Crippen molar-refractivity contribution in [2.75, 3.05) is 14.2 Å². The van der Waals surface area contributed by atoms with Crippen LogP contribution < -0.4 is 15.2 Å². The number of aryl methyl sites for hydroxylation is 1. The molecule has 0 heterocycles. The van der Waals surface area contributed by atoms with Crippen LogP contribution in [0.15, 0.2) is 12.1 Å². The Morgan fingerprint density at radius 1 is 1.26 bits per heavy atom. The number of benzene rings is 1. The van der Waals surface area contributed by atoms with Crippen molar-refractivity contribution < 1.29 is 24.2 Å². The van der Waals surface area contributed by atoms with E-state index in [4.69, 9.17) is 20.3 Å². The van der Waals surface area contributed by atoms with Gasteiger partial charge in [0.2, 0.25) is 0 Å². The fourth-order valence-electron chi connectivity index (χ4n) is 1.68. The van der Waals surface area contributed by atoms with Crippen molar-refractivity contribution in [3.05, 3.63) is 23.3 Å². The number of aliphatic carboxylic acids is 1. The standard InChI is InChI=1S/C13H17NO5/c1-7-4-11(18-2)12(19-3)5-8(7)10(15)6-9(14)13(16)17/h4-5,9H,6,14H2,1-3H3,(H,16,17). The van der Waals surface area contributed by atoms with E-state index in [1.54, 1.807) is 13.0 Å². The van der Waals surface area contributed by atoms with Gasteiger partial charge >= 0.3 is 5.97 Å². The molecular formula is C13H17NO5. The average Bonchev–Trinajstić information content (AvgIpc) is 2.37. The highest BCUT2D eigenvalue weighted by Gasteiger charge is 2.20. The zero-order valence-corrected chi connectivity index (χ0v) is 11.1. The fourth-order valence-corrected chi connectivity index (χ4v) is 1.68. The second-order valence-electron chi connectivity index (χ2n) is 4.09. The molecule has 0 aliphatic carbocycles. The molecule has 3 N–H and O–H groups in total. The first-order chi connectivity index (χ1) is 8.90. The van der Waals surface area contributed by atoms with Gasteiger partial charge in [-0.3, -0.25) is 9.59 Å². The first-order valence-corrected chi connectivity index (χ1v) is 5.65. The number of methoxy groups -OCH3 is 2. The van der Waals surface area contributed by atoms with Crippen molar-refractivity contribution in [2.45, 2.75) is 19.4 Å². The molecule has 0 saturated heterocycles. The lowest BCUT2D eigenvalue weighted by Crippen LogP contribution is -2.32. The van der Waals surface area contributed by atoms with E-state index in [0.29, 0.717) is 22.6 Å². The number of ether oxygens (including phenoxy) is 2. The van der Waals surface area contributed by atoms with Crippen LogP contribution in [0.4, 0.5) is 0 Å². The number of nitrogens with two attached hydrogens (primary N) is 1. The van der Waals surface area contributed by atoms with Crippen LogP contribution in [0.3, 0.4) is 0 Å². The maximum absolute atomic E-state index is 12.0. The van der Waals surface area contributed by atoms with Gasteiger partial charge in [0.25, 0.3) is 0 Å². The van der Waals surface area contributed by atoms with Gasteiger partial charge in [0.15, 0.2) is 17.3 Å². The zero-order valence-electron chi connectivity index (χ0n) is 11.1. The van der Waals surface area contributed by atoms with Gasteiger partial charge in [0.1, 0.15) is 6.04 Å². The summed E-state index contributed by atoms with van der Waals surface area (Å²) in [5.74, 6) is -0.612. The molecule has 0 aliphatic rings. The van der Waals surface area contributed by atoms with Crippen molar-refractivity contribution in [1.29, 1.82) is 0 Å². The summed E-state index contributed by atoms with van der Waals surface area (Å²) in [4.78, 5) is 22.7. The molecule has 0 amide bonds. The predicted molar refractivity (Wildman–Crippen MR) is 68.8 cm³/mol. The Morgan fingerprint density at radius 3 is 2.26 bits per heavy atom. The summed E-state index contributed by atoms with van der Waals surface area (Å²) in [5, 5.41) is 8.71. The second kappa shape index (κ2) is 6.19. The van der Waals surface area contributed by atoms with Crippen LogP contribution in [-0.2, 0) is 4.79 Å². The number of carbonyl (C=O) groups is 2. The average molecular weight is 267 g/mol. The maximum Gasteiger partial charge on any atom is 0.320 e. The summed E-state index contributed by atoms with van der Waals surface area (Å²) < 4.78 is 10.2. The number of rotatable bonds is 6. The molecule has 0 radical (unpaired) electrons. The third kappa shape index (κ3) is 3.45. The Kier molecular flexibility index (Phi) is 4.88. The van der Waals surface area contributed by atoms with Gasteiger partial charge in [-0.15, -0.1) is 0 Å². The number of carbonyl (C=O) groups excluding carboxylic acids is 1. The largest absolute Gasteiger partial charge is 0.493 e. The molecule has 1 aromatic rings. The van der Waals surface area contributed by atoms with E-state index in [1.807, 2.05) is 0 Å². The van der Waals surface area contributed by atoms with Crippen LogP contribution in [0.1, 0.15) is 22.3 Å². The molecule has 0 spiro atoms. The molecule has 1 rings (SSSR count). The van der Waals surface area contributed by atoms with Gasteiger partial charge in [-0.25, -0.2) is 0 Å². The van der Waals surface area contributed by atoms with E-state index in [2.05, 4.69) is 0 Å². The molecule has 6 heteroatoms. The highest BCUT2D eigenvalue weighted by atomic mass is 16.5. The van der Waals surface area contributed by atoms with Gasteiger partial charge in [0, 0.05) is 12.0 Å². The van der Waals surface area contributed by atoms with Crippen LogP contribution >= 0.6 is 0 Å². The van der Waals surface area contributed by atoms with Gasteiger partial charge in [-0.2, -0.15) is 0 Å². The number of carboxylic acid groups (broad SMARTS) is 1. The highest BCUT2D eigenvalue weighted by molar-refractivity contribution is 6.00. The third-order valence-electron chi connectivity index (χ3n) is 2.75. The smallest absolute Gasteiger partial charge is 0.320 e. The highest BCUT2D eigenvalue weighted by Crippen LogP contribution is 2.30. The summed E-state index contributed by atoms with van der Waals surface area (Å²) in [6, 6.07) is 1.99. The number of hydrogen-bond donors (Lipinski definition) is 2. The van der Waals surface area contributed by atoms with Crippen molar-refractivity contribution in [2.24, 2.45) is 5.73 Å². The van der Waals surface area contributed by atoms with Crippen LogP contribution in [0.2, 0.25) is 0 Å². The number of ketones is 1. The van der Waals surface area contributed by atoms with Crippen LogP contribution in [0.5, 0.6) is 11.5 Å². The quantitative estimate of drug-likeness (QED) is 0.746. The first kappa shape index (κ1) is 15.0. The Bertz CT molecular complexity index is 498. The first-order valence-electron chi connectivity index (χ1n) is 5.65. The SMILES string of the molecule is COc1cc(C)c(C(=O)CC(N)C(=O)O)cc1OC. The molecule has 0 fully saturated rings. The van der Waals surface area contributed by atoms with Gasteiger partial charge < -0.3 is 20.3 Å². The molecule has 6 nitrogen and oxygen atoms in total. The maximum atomic E-state index is 12.0. The van der Waals surface area contributed by atoms with Gasteiger partial charge in [-0.1, -0.05) is 0 Å². The Hall–Kier alpha value is -2.08. The van der Waals surface area contributed by atoms with Gasteiger partial charge in [0.05, 0.1) is 14.2 Å². The van der Waals surface area contributed by atoms with E-state index in [1.165, 1.54) is 20.3 Å². The minimum atomic E-state index is -1.21. The summed E-state index contributed by atoms with van der Waals surface area (Å²) in [5.41, 5.74) is 6.42. The van der Waals surface area contributed by atoms with Crippen molar-refractivity contribution in [3.63, 3.8) is 0 Å². The number of Topliss-reactive ketones (excluding diaryl/α,β-unsaturated/α-hetero) is 1. The van der Waals surface area contributed by atoms with Crippen molar-refractivity contribution >= 4 is 11.8 Å². The van der Waals surface area contributed by atoms with E-state index in [9.17, 15) is 9.59 Å². The Balaban J connectivity index is 3.06. The van der Waals surface area contributed by atoms with Crippen LogP contribution in [-0.4, -0.2) is 37.1 Å². The monoisotopic (exact) mass is 267 g/mol. The molecule has 19 heavy (non-hydrogen) atoms. The Morgan fingerprint density at radius 2 is 1.79 bits per heavy atom. The summed E-state index contributed by atoms with van der Waals surface area (Å²) >= 11 is 0. The normalized spacial score (nSPS) is 11.8. The fraction of sp³-hybridized carbons (Fsp3) is 0.385. The lowest BCUT2D eigenvalue weighted by molar-refractivity contribution is -0.138. The Labute approximate surface area is 111 Å². The van der Waals surface area contributed by atoms with E-state index < -0.39 is 12.0 Å². The second-order valence-corrected chi connectivity index (χ2v) is 4.09. The molecule has 0 bridgehead atoms. The molecule has 0 aromatic heterocycles. The summed E-state index contributed by atoms with van der Waals surface area (Å²) in [6.07, 6.45) is -0.258. The molecule has 0 saturated carbocycles. The number of hydrogen-bond acceptors (Lipinski definition) is 5. The molecule has 0 aliphatic heterocycles. The molecule has 1 atom stereocenters. The van der Waals surface area contributed by atoms with Crippen LogP contribution in [0, 0.1) is 6.92 Å². The van der Waals surface area contributed by atoms with Crippen molar-refractivity contribution in [1.82, 2.24) is 0 Å². The lowest BCUT2D eigenvalue weighted by Gasteiger charge is -2.13.